The molecule has 152 valence electrons. The van der Waals surface area contributed by atoms with Gasteiger partial charge in [-0.25, -0.2) is 14.4 Å². The molecule has 0 aliphatic heterocycles. The van der Waals surface area contributed by atoms with Gasteiger partial charge in [-0.2, -0.15) is 5.10 Å². The Morgan fingerprint density at radius 1 is 1.23 bits per heavy atom. The van der Waals surface area contributed by atoms with E-state index in [-0.39, 0.29) is 17.2 Å². The number of halogens is 2. The minimum atomic E-state index is -0.749. The number of aliphatic hydroxyl groups excluding tert-OH is 1. The van der Waals surface area contributed by atoms with Crippen LogP contribution in [0, 0.1) is 5.82 Å². The standard InChI is InChI=1S/C20H16ClFN6O2/c21-14-2-1-13(9-15(14)22)17(11-29)28-8-5-12(10-19(28)30)16-3-6-23-20(25-16)26-18-4-7-24-27-18/h1-10,17,29H,11H2,(H2,23,24,25,26,27). The average molecular weight is 427 g/mol. The second kappa shape index (κ2) is 8.44. The molecule has 4 rings (SSSR count). The van der Waals surface area contributed by atoms with Crippen LogP contribution in [0.5, 0.6) is 0 Å². The first-order valence-electron chi connectivity index (χ1n) is 8.93. The lowest BCUT2D eigenvalue weighted by molar-refractivity contribution is 0.247. The molecule has 3 heterocycles. The van der Waals surface area contributed by atoms with E-state index in [4.69, 9.17) is 11.6 Å². The van der Waals surface area contributed by atoms with Crippen molar-refractivity contribution in [3.63, 3.8) is 0 Å². The molecule has 1 aromatic carbocycles. The second-order valence-electron chi connectivity index (χ2n) is 6.38. The van der Waals surface area contributed by atoms with Gasteiger partial charge in [-0.1, -0.05) is 17.7 Å². The zero-order chi connectivity index (χ0) is 21.1. The van der Waals surface area contributed by atoms with Crippen molar-refractivity contribution in [3.05, 3.63) is 87.8 Å². The Labute approximate surface area is 175 Å². The summed E-state index contributed by atoms with van der Waals surface area (Å²) in [6.45, 7) is -0.383. The summed E-state index contributed by atoms with van der Waals surface area (Å²) in [5, 5.41) is 19.4. The van der Waals surface area contributed by atoms with Crippen LogP contribution in [0.25, 0.3) is 11.3 Å². The van der Waals surface area contributed by atoms with Gasteiger partial charge in [0.05, 0.1) is 23.4 Å². The topological polar surface area (TPSA) is 109 Å². The van der Waals surface area contributed by atoms with Gasteiger partial charge < -0.3 is 15.0 Å². The van der Waals surface area contributed by atoms with Crippen LogP contribution in [0.1, 0.15) is 11.6 Å². The first kappa shape index (κ1) is 19.7. The van der Waals surface area contributed by atoms with Crippen molar-refractivity contribution in [1.29, 1.82) is 0 Å². The summed E-state index contributed by atoms with van der Waals surface area (Å²) in [7, 11) is 0. The summed E-state index contributed by atoms with van der Waals surface area (Å²) in [5.74, 6) is 0.271. The molecule has 1 atom stereocenters. The van der Waals surface area contributed by atoms with Crippen molar-refractivity contribution < 1.29 is 9.50 Å². The predicted octanol–water partition coefficient (Wildman–Crippen LogP) is 3.15. The first-order chi connectivity index (χ1) is 14.5. The average Bonchev–Trinajstić information content (AvgIpc) is 3.25. The van der Waals surface area contributed by atoms with E-state index in [1.165, 1.54) is 29.0 Å². The van der Waals surface area contributed by atoms with Gasteiger partial charge in [-0.3, -0.25) is 9.89 Å². The summed E-state index contributed by atoms with van der Waals surface area (Å²) in [6.07, 6.45) is 4.76. The lowest BCUT2D eigenvalue weighted by Crippen LogP contribution is -2.27. The molecule has 4 aromatic rings. The SMILES string of the molecule is O=c1cc(-c2ccnc(Nc3cc[nH]n3)n2)ccn1C(CO)c1ccc(Cl)c(F)c1. The van der Waals surface area contributed by atoms with Gasteiger partial charge >= 0.3 is 0 Å². The zero-order valence-electron chi connectivity index (χ0n) is 15.5. The summed E-state index contributed by atoms with van der Waals surface area (Å²) >= 11 is 5.72. The van der Waals surface area contributed by atoms with E-state index in [2.05, 4.69) is 25.5 Å². The van der Waals surface area contributed by atoms with Crippen LogP contribution < -0.4 is 10.9 Å². The Morgan fingerprint density at radius 3 is 2.80 bits per heavy atom. The third kappa shape index (κ3) is 4.07. The van der Waals surface area contributed by atoms with Crippen LogP contribution in [0.15, 0.2) is 65.8 Å². The minimum absolute atomic E-state index is 0.0267. The molecular weight excluding hydrogens is 411 g/mol. The van der Waals surface area contributed by atoms with E-state index >= 15 is 0 Å². The molecule has 3 aromatic heterocycles. The van der Waals surface area contributed by atoms with E-state index < -0.39 is 11.9 Å². The van der Waals surface area contributed by atoms with E-state index in [0.29, 0.717) is 28.6 Å². The molecule has 0 bridgehead atoms. The molecule has 0 aliphatic rings. The fraction of sp³-hybridized carbons (Fsp3) is 0.100. The van der Waals surface area contributed by atoms with E-state index in [1.54, 1.807) is 36.7 Å². The molecule has 0 fully saturated rings. The molecule has 0 saturated heterocycles. The fourth-order valence-corrected chi connectivity index (χ4v) is 3.12. The quantitative estimate of drug-likeness (QED) is 0.437. The molecule has 0 spiro atoms. The largest absolute Gasteiger partial charge is 0.394 e. The van der Waals surface area contributed by atoms with Crippen molar-refractivity contribution in [2.24, 2.45) is 0 Å². The lowest BCUT2D eigenvalue weighted by atomic mass is 10.1. The third-order valence-corrected chi connectivity index (χ3v) is 4.78. The Kier molecular flexibility index (Phi) is 5.55. The number of aliphatic hydroxyl groups is 1. The molecule has 30 heavy (non-hydrogen) atoms. The Balaban J connectivity index is 1.64. The maximum atomic E-state index is 13.8. The molecule has 1 unspecified atom stereocenters. The summed E-state index contributed by atoms with van der Waals surface area (Å²) in [4.78, 5) is 21.3. The number of benzene rings is 1. The molecule has 0 radical (unpaired) electrons. The summed E-state index contributed by atoms with van der Waals surface area (Å²) in [6, 6.07) is 9.92. The number of H-pyrrole nitrogens is 1. The van der Waals surface area contributed by atoms with Gasteiger partial charge in [0.25, 0.3) is 5.56 Å². The Hall–Kier alpha value is -3.56. The highest BCUT2D eigenvalue weighted by Crippen LogP contribution is 2.23. The molecule has 8 nitrogen and oxygen atoms in total. The predicted molar refractivity (Wildman–Crippen MR) is 110 cm³/mol. The highest BCUT2D eigenvalue weighted by molar-refractivity contribution is 6.30. The van der Waals surface area contributed by atoms with Gasteiger partial charge in [-0.15, -0.1) is 0 Å². The van der Waals surface area contributed by atoms with E-state index in [1.807, 2.05) is 0 Å². The van der Waals surface area contributed by atoms with Crippen molar-refractivity contribution in [3.8, 4) is 11.3 Å². The number of pyridine rings is 1. The van der Waals surface area contributed by atoms with E-state index in [9.17, 15) is 14.3 Å². The van der Waals surface area contributed by atoms with E-state index in [0.717, 1.165) is 0 Å². The van der Waals surface area contributed by atoms with Gasteiger partial charge in [0, 0.05) is 36.3 Å². The molecular formula is C20H16ClFN6O2. The number of rotatable bonds is 6. The summed E-state index contributed by atoms with van der Waals surface area (Å²) in [5.41, 5.74) is 1.16. The fourth-order valence-electron chi connectivity index (χ4n) is 3.00. The second-order valence-corrected chi connectivity index (χ2v) is 6.79. The molecule has 0 amide bonds. The van der Waals surface area contributed by atoms with Gasteiger partial charge in [0.15, 0.2) is 5.82 Å². The normalized spacial score (nSPS) is 12.0. The van der Waals surface area contributed by atoms with Gasteiger partial charge in [0.2, 0.25) is 5.95 Å². The van der Waals surface area contributed by atoms with Crippen LogP contribution >= 0.6 is 11.6 Å². The highest BCUT2D eigenvalue weighted by atomic mass is 35.5. The number of aromatic nitrogens is 5. The van der Waals surface area contributed by atoms with Crippen LogP contribution in [-0.2, 0) is 0 Å². The molecule has 0 saturated carbocycles. The van der Waals surface area contributed by atoms with Gasteiger partial charge in [-0.05, 0) is 29.8 Å². The molecule has 3 N–H and O–H groups in total. The summed E-state index contributed by atoms with van der Waals surface area (Å²) < 4.78 is 15.2. The third-order valence-electron chi connectivity index (χ3n) is 4.48. The van der Waals surface area contributed by atoms with Crippen LogP contribution in [-0.4, -0.2) is 36.4 Å². The minimum Gasteiger partial charge on any atom is -0.394 e. The van der Waals surface area contributed by atoms with Crippen molar-refractivity contribution >= 4 is 23.4 Å². The number of nitrogens with one attached hydrogen (secondary N) is 2. The smallest absolute Gasteiger partial charge is 0.251 e. The monoisotopic (exact) mass is 426 g/mol. The molecule has 0 aliphatic carbocycles. The van der Waals surface area contributed by atoms with Crippen LogP contribution in [0.3, 0.4) is 0 Å². The zero-order valence-corrected chi connectivity index (χ0v) is 16.2. The van der Waals surface area contributed by atoms with Crippen LogP contribution in [0.4, 0.5) is 16.2 Å². The Bertz CT molecular complexity index is 1230. The number of hydrogen-bond donors (Lipinski definition) is 3. The molecule has 10 heteroatoms. The number of anilines is 2. The first-order valence-corrected chi connectivity index (χ1v) is 9.31. The highest BCUT2D eigenvalue weighted by Gasteiger charge is 2.16. The Morgan fingerprint density at radius 2 is 2.10 bits per heavy atom. The van der Waals surface area contributed by atoms with Crippen LogP contribution in [0.2, 0.25) is 5.02 Å². The number of hydrogen-bond acceptors (Lipinski definition) is 6. The lowest BCUT2D eigenvalue weighted by Gasteiger charge is -2.18. The maximum absolute atomic E-state index is 13.8. The van der Waals surface area contributed by atoms with Crippen molar-refractivity contribution in [1.82, 2.24) is 24.7 Å². The van der Waals surface area contributed by atoms with Crippen molar-refractivity contribution in [2.45, 2.75) is 6.04 Å². The van der Waals surface area contributed by atoms with Gasteiger partial charge in [0.1, 0.15) is 5.82 Å². The number of nitrogens with zero attached hydrogens (tertiary/aromatic N) is 4. The number of aromatic amines is 1. The van der Waals surface area contributed by atoms with Crippen molar-refractivity contribution in [2.75, 3.05) is 11.9 Å². The maximum Gasteiger partial charge on any atom is 0.251 e.